The summed E-state index contributed by atoms with van der Waals surface area (Å²) in [4.78, 5) is 3.76. The second kappa shape index (κ2) is 5.56. The molecule has 1 heterocycles. The fourth-order valence-corrected chi connectivity index (χ4v) is 2.53. The minimum Gasteiger partial charge on any atom is -0.392 e. The van der Waals surface area contributed by atoms with Crippen LogP contribution >= 0.6 is 11.6 Å². The first-order valence-electron chi connectivity index (χ1n) is 5.35. The van der Waals surface area contributed by atoms with E-state index in [1.165, 1.54) is 18.3 Å². The van der Waals surface area contributed by atoms with E-state index >= 15 is 0 Å². The average molecular weight is 299 g/mol. The van der Waals surface area contributed by atoms with Crippen LogP contribution in [0.2, 0.25) is 5.15 Å². The Kier molecular flexibility index (Phi) is 4.04. The van der Waals surface area contributed by atoms with Gasteiger partial charge in [-0.2, -0.15) is 0 Å². The smallest absolute Gasteiger partial charge is 0.263 e. The van der Waals surface area contributed by atoms with E-state index in [4.69, 9.17) is 16.7 Å². The third kappa shape index (κ3) is 3.44. The molecule has 1 aromatic heterocycles. The molecule has 2 rings (SSSR count). The lowest BCUT2D eigenvalue weighted by molar-refractivity contribution is 0.282. The summed E-state index contributed by atoms with van der Waals surface area (Å²) < 4.78 is 26.5. The minimum absolute atomic E-state index is 0.0307. The van der Waals surface area contributed by atoms with Crippen molar-refractivity contribution in [1.82, 2.24) is 4.98 Å². The van der Waals surface area contributed by atoms with Crippen LogP contribution in [-0.4, -0.2) is 18.5 Å². The summed E-state index contributed by atoms with van der Waals surface area (Å²) in [6.45, 7) is -0.0892. The van der Waals surface area contributed by atoms with E-state index in [0.29, 0.717) is 11.3 Å². The van der Waals surface area contributed by atoms with Gasteiger partial charge in [0.1, 0.15) is 10.0 Å². The molecule has 100 valence electrons. The van der Waals surface area contributed by atoms with Crippen LogP contribution in [-0.2, 0) is 16.6 Å². The predicted molar refractivity (Wildman–Crippen MR) is 72.4 cm³/mol. The van der Waals surface area contributed by atoms with Crippen LogP contribution in [0.5, 0.6) is 0 Å². The van der Waals surface area contributed by atoms with E-state index in [1.54, 1.807) is 24.3 Å². The van der Waals surface area contributed by atoms with Gasteiger partial charge in [-0.1, -0.05) is 23.7 Å². The molecule has 0 aliphatic rings. The molecular formula is C12H11ClN2O3S. The molecule has 5 nitrogen and oxygen atoms in total. The molecule has 0 saturated heterocycles. The molecule has 0 saturated carbocycles. The number of aliphatic hydroxyl groups excluding tert-OH is 1. The number of halogens is 1. The Morgan fingerprint density at radius 1 is 1.16 bits per heavy atom. The molecule has 0 aliphatic carbocycles. The first-order valence-corrected chi connectivity index (χ1v) is 7.21. The molecule has 0 radical (unpaired) electrons. The molecule has 0 unspecified atom stereocenters. The summed E-state index contributed by atoms with van der Waals surface area (Å²) >= 11 is 5.61. The monoisotopic (exact) mass is 298 g/mol. The van der Waals surface area contributed by atoms with Crippen LogP contribution < -0.4 is 4.72 Å². The third-order valence-electron chi connectivity index (χ3n) is 2.40. The summed E-state index contributed by atoms with van der Waals surface area (Å²) in [5.74, 6) is 0. The number of rotatable bonds is 4. The topological polar surface area (TPSA) is 79.3 Å². The number of nitrogens with one attached hydrogen (secondary N) is 1. The lowest BCUT2D eigenvalue weighted by atomic mass is 10.2. The van der Waals surface area contributed by atoms with Crippen molar-refractivity contribution in [2.24, 2.45) is 0 Å². The molecule has 0 bridgehead atoms. The van der Waals surface area contributed by atoms with E-state index in [1.807, 2.05) is 0 Å². The van der Waals surface area contributed by atoms with Crippen LogP contribution in [0, 0.1) is 0 Å². The number of hydrogen-bond acceptors (Lipinski definition) is 4. The largest absolute Gasteiger partial charge is 0.392 e. The highest BCUT2D eigenvalue weighted by Crippen LogP contribution is 2.17. The quantitative estimate of drug-likeness (QED) is 0.847. The van der Waals surface area contributed by atoms with Crippen LogP contribution in [0.4, 0.5) is 5.69 Å². The summed E-state index contributed by atoms with van der Waals surface area (Å²) in [6.07, 6.45) is 1.19. The number of anilines is 1. The molecule has 0 aliphatic heterocycles. The summed E-state index contributed by atoms with van der Waals surface area (Å²) in [6, 6.07) is 9.21. The zero-order chi connectivity index (χ0) is 13.9. The molecule has 7 heteroatoms. The highest BCUT2D eigenvalue weighted by molar-refractivity contribution is 7.92. The molecule has 0 amide bonds. The van der Waals surface area contributed by atoms with Crippen LogP contribution in [0.15, 0.2) is 47.5 Å². The fourth-order valence-electron chi connectivity index (χ4n) is 1.41. The van der Waals surface area contributed by atoms with Gasteiger partial charge in [-0.15, -0.1) is 0 Å². The fraction of sp³-hybridized carbons (Fsp3) is 0.0833. The molecule has 0 fully saturated rings. The Morgan fingerprint density at radius 3 is 2.37 bits per heavy atom. The highest BCUT2D eigenvalue weighted by Gasteiger charge is 2.14. The Bertz CT molecular complexity index is 654. The SMILES string of the molecule is O=S(=O)(Nc1ccc(CO)cc1)c1ccc(Cl)nc1. The lowest BCUT2D eigenvalue weighted by Gasteiger charge is -2.08. The lowest BCUT2D eigenvalue weighted by Crippen LogP contribution is -2.13. The van der Waals surface area contributed by atoms with E-state index in [0.717, 1.165) is 0 Å². The number of aliphatic hydroxyl groups is 1. The van der Waals surface area contributed by atoms with Gasteiger partial charge in [0.05, 0.1) is 6.61 Å². The third-order valence-corrected chi connectivity index (χ3v) is 3.99. The number of pyridine rings is 1. The Hall–Kier alpha value is -1.63. The van der Waals surface area contributed by atoms with Crippen molar-refractivity contribution < 1.29 is 13.5 Å². The molecule has 2 aromatic rings. The Balaban J connectivity index is 2.23. The Labute approximate surface area is 115 Å². The van der Waals surface area contributed by atoms with Crippen molar-refractivity contribution in [2.45, 2.75) is 11.5 Å². The minimum atomic E-state index is -3.68. The van der Waals surface area contributed by atoms with E-state index in [9.17, 15) is 8.42 Å². The van der Waals surface area contributed by atoms with Crippen molar-refractivity contribution in [3.8, 4) is 0 Å². The molecule has 19 heavy (non-hydrogen) atoms. The van der Waals surface area contributed by atoms with Crippen LogP contribution in [0.25, 0.3) is 0 Å². The second-order valence-corrected chi connectivity index (χ2v) is 5.85. The predicted octanol–water partition coefficient (Wildman–Crippen LogP) is 2.03. The van der Waals surface area contributed by atoms with Crippen molar-refractivity contribution in [1.29, 1.82) is 0 Å². The zero-order valence-corrected chi connectivity index (χ0v) is 11.3. The van der Waals surface area contributed by atoms with Gasteiger partial charge < -0.3 is 5.11 Å². The zero-order valence-electron chi connectivity index (χ0n) is 9.75. The second-order valence-electron chi connectivity index (χ2n) is 3.78. The summed E-state index contributed by atoms with van der Waals surface area (Å²) in [5.41, 5.74) is 1.11. The first kappa shape index (κ1) is 13.8. The average Bonchev–Trinajstić information content (AvgIpc) is 2.40. The number of hydrogen-bond donors (Lipinski definition) is 2. The highest BCUT2D eigenvalue weighted by atomic mass is 35.5. The van der Waals surface area contributed by atoms with E-state index in [-0.39, 0.29) is 16.7 Å². The Morgan fingerprint density at radius 2 is 1.84 bits per heavy atom. The van der Waals surface area contributed by atoms with Gasteiger partial charge in [-0.25, -0.2) is 13.4 Å². The van der Waals surface area contributed by atoms with Gasteiger partial charge in [-0.05, 0) is 29.8 Å². The standard InChI is InChI=1S/C12H11ClN2O3S/c13-12-6-5-11(7-14-12)19(17,18)15-10-3-1-9(8-16)2-4-10/h1-7,15-16H,8H2. The molecule has 0 spiro atoms. The van der Waals surface area contributed by atoms with Crippen molar-refractivity contribution in [2.75, 3.05) is 4.72 Å². The maximum absolute atomic E-state index is 12.0. The van der Waals surface area contributed by atoms with Gasteiger partial charge in [0, 0.05) is 11.9 Å². The normalized spacial score (nSPS) is 11.3. The van der Waals surface area contributed by atoms with Crippen molar-refractivity contribution >= 4 is 27.3 Å². The van der Waals surface area contributed by atoms with Gasteiger partial charge >= 0.3 is 0 Å². The number of nitrogens with zero attached hydrogens (tertiary/aromatic N) is 1. The summed E-state index contributed by atoms with van der Waals surface area (Å²) in [7, 11) is -3.68. The summed E-state index contributed by atoms with van der Waals surface area (Å²) in [5, 5.41) is 9.13. The maximum Gasteiger partial charge on any atom is 0.263 e. The van der Waals surface area contributed by atoms with E-state index in [2.05, 4.69) is 9.71 Å². The van der Waals surface area contributed by atoms with Crippen molar-refractivity contribution in [3.63, 3.8) is 0 Å². The first-order chi connectivity index (χ1) is 9.01. The number of sulfonamides is 1. The van der Waals surface area contributed by atoms with Crippen molar-refractivity contribution in [3.05, 3.63) is 53.3 Å². The number of benzene rings is 1. The van der Waals surface area contributed by atoms with E-state index < -0.39 is 10.0 Å². The molecule has 2 N–H and O–H groups in total. The van der Waals surface area contributed by atoms with Gasteiger partial charge in [-0.3, -0.25) is 4.72 Å². The molecule has 1 aromatic carbocycles. The number of aromatic nitrogens is 1. The van der Waals surface area contributed by atoms with Gasteiger partial charge in [0.25, 0.3) is 10.0 Å². The maximum atomic E-state index is 12.0. The molecular weight excluding hydrogens is 288 g/mol. The molecule has 0 atom stereocenters. The van der Waals surface area contributed by atoms with Crippen LogP contribution in [0.1, 0.15) is 5.56 Å². The van der Waals surface area contributed by atoms with Gasteiger partial charge in [0.15, 0.2) is 0 Å². The van der Waals surface area contributed by atoms with Gasteiger partial charge in [0.2, 0.25) is 0 Å². The van der Waals surface area contributed by atoms with Crippen LogP contribution in [0.3, 0.4) is 0 Å².